The third-order valence-electron chi connectivity index (χ3n) is 3.82. The summed E-state index contributed by atoms with van der Waals surface area (Å²) in [5.74, 6) is 0.874. The molecule has 1 atom stereocenters. The van der Waals surface area contributed by atoms with Crippen molar-refractivity contribution >= 4 is 38.6 Å². The molecule has 21 heavy (non-hydrogen) atoms. The number of aryl methyl sites for hydroxylation is 1. The molecule has 0 N–H and O–H groups in total. The number of halogens is 2. The normalized spacial score (nSPS) is 12.8. The fourth-order valence-electron chi connectivity index (χ4n) is 2.56. The Bertz CT molecular complexity index is 821. The molecule has 0 radical (unpaired) electrons. The maximum absolute atomic E-state index is 6.37. The predicted molar refractivity (Wildman–Crippen MR) is 92.5 cm³/mol. The Labute approximate surface area is 137 Å². The largest absolute Gasteiger partial charge is 0.295 e. The number of imidazole rings is 1. The minimum Gasteiger partial charge on any atom is -0.295 e. The minimum atomic E-state index is -0.156. The van der Waals surface area contributed by atoms with Crippen molar-refractivity contribution in [2.45, 2.75) is 26.1 Å². The summed E-state index contributed by atoms with van der Waals surface area (Å²) in [6, 6.07) is 12.4. The second-order valence-corrected chi connectivity index (χ2v) is 6.84. The van der Waals surface area contributed by atoms with Crippen molar-refractivity contribution < 1.29 is 0 Å². The Morgan fingerprint density at radius 2 is 1.95 bits per heavy atom. The summed E-state index contributed by atoms with van der Waals surface area (Å²) in [4.78, 5) is 4.71. The summed E-state index contributed by atoms with van der Waals surface area (Å²) in [5.41, 5.74) is 5.67. The number of nitrogens with zero attached hydrogens (tertiary/aromatic N) is 2. The van der Waals surface area contributed by atoms with Crippen LogP contribution in [-0.4, -0.2) is 9.55 Å². The summed E-state index contributed by atoms with van der Waals surface area (Å²) in [7, 11) is 0. The van der Waals surface area contributed by atoms with E-state index < -0.39 is 0 Å². The third kappa shape index (κ3) is 2.49. The first-order valence-electron chi connectivity index (χ1n) is 6.87. The molecule has 1 unspecified atom stereocenters. The van der Waals surface area contributed by atoms with Gasteiger partial charge in [-0.3, -0.25) is 4.57 Å². The van der Waals surface area contributed by atoms with Gasteiger partial charge in [0.15, 0.2) is 0 Å². The van der Waals surface area contributed by atoms with Gasteiger partial charge < -0.3 is 0 Å². The summed E-state index contributed by atoms with van der Waals surface area (Å²) >= 11 is 9.91. The zero-order valence-electron chi connectivity index (χ0n) is 12.2. The summed E-state index contributed by atoms with van der Waals surface area (Å²) in [6.45, 7) is 6.22. The zero-order chi connectivity index (χ0) is 15.1. The molecule has 0 spiro atoms. The van der Waals surface area contributed by atoms with E-state index >= 15 is 0 Å². The first-order chi connectivity index (χ1) is 9.99. The summed E-state index contributed by atoms with van der Waals surface area (Å²) in [5, 5.41) is -0.156. The fourth-order valence-corrected chi connectivity index (χ4v) is 3.06. The lowest BCUT2D eigenvalue weighted by atomic mass is 10.1. The maximum atomic E-state index is 6.37. The van der Waals surface area contributed by atoms with Gasteiger partial charge >= 0.3 is 0 Å². The molecule has 0 bridgehead atoms. The highest BCUT2D eigenvalue weighted by atomic mass is 79.9. The van der Waals surface area contributed by atoms with Crippen LogP contribution in [0.4, 0.5) is 0 Å². The molecule has 0 amide bonds. The van der Waals surface area contributed by atoms with Gasteiger partial charge in [0.25, 0.3) is 0 Å². The smallest absolute Gasteiger partial charge is 0.132 e. The molecule has 1 heterocycles. The van der Waals surface area contributed by atoms with Crippen LogP contribution < -0.4 is 0 Å². The van der Waals surface area contributed by atoms with Crippen LogP contribution in [0, 0.1) is 13.8 Å². The molecule has 2 aromatic carbocycles. The van der Waals surface area contributed by atoms with Crippen LogP contribution in [0.3, 0.4) is 0 Å². The van der Waals surface area contributed by atoms with Gasteiger partial charge in [-0.2, -0.15) is 0 Å². The highest BCUT2D eigenvalue weighted by Gasteiger charge is 2.18. The van der Waals surface area contributed by atoms with E-state index in [0.29, 0.717) is 0 Å². The second-order valence-electron chi connectivity index (χ2n) is 5.27. The van der Waals surface area contributed by atoms with Crippen molar-refractivity contribution in [2.24, 2.45) is 0 Å². The van der Waals surface area contributed by atoms with Gasteiger partial charge in [-0.1, -0.05) is 28.1 Å². The van der Waals surface area contributed by atoms with Gasteiger partial charge in [0.05, 0.1) is 22.1 Å². The van der Waals surface area contributed by atoms with Crippen LogP contribution >= 0.6 is 27.5 Å². The number of benzene rings is 2. The number of aromatic nitrogens is 2. The molecule has 0 aliphatic carbocycles. The molecule has 4 heteroatoms. The SMILES string of the molecule is Cc1cccc(-n2c(C(C)Cl)nc3ccc(Br)cc32)c1C. The van der Waals surface area contributed by atoms with E-state index in [1.807, 2.05) is 19.1 Å². The van der Waals surface area contributed by atoms with Crippen LogP contribution in [0.25, 0.3) is 16.7 Å². The molecular formula is C17H16BrClN2. The van der Waals surface area contributed by atoms with Gasteiger partial charge in [-0.15, -0.1) is 11.6 Å². The molecule has 2 nitrogen and oxygen atoms in total. The standard InChI is InChI=1S/C17H16BrClN2/c1-10-5-4-6-15(11(10)2)21-16-9-13(18)7-8-14(16)20-17(21)12(3)19/h4-9,12H,1-3H3. The van der Waals surface area contributed by atoms with E-state index in [1.165, 1.54) is 11.1 Å². The molecule has 0 aliphatic rings. The number of fused-ring (bicyclic) bond motifs is 1. The summed E-state index contributed by atoms with van der Waals surface area (Å²) in [6.07, 6.45) is 0. The molecule has 0 saturated carbocycles. The van der Waals surface area contributed by atoms with Crippen molar-refractivity contribution in [3.8, 4) is 5.69 Å². The van der Waals surface area contributed by atoms with Gasteiger partial charge in [0.2, 0.25) is 0 Å². The summed E-state index contributed by atoms with van der Waals surface area (Å²) < 4.78 is 3.20. The van der Waals surface area contributed by atoms with E-state index in [-0.39, 0.29) is 5.38 Å². The molecule has 108 valence electrons. The molecule has 3 aromatic rings. The van der Waals surface area contributed by atoms with Crippen LogP contribution in [0.5, 0.6) is 0 Å². The van der Waals surface area contributed by atoms with Crippen molar-refractivity contribution in [1.29, 1.82) is 0 Å². The monoisotopic (exact) mass is 362 g/mol. The average molecular weight is 364 g/mol. The number of hydrogen-bond acceptors (Lipinski definition) is 1. The highest BCUT2D eigenvalue weighted by Crippen LogP contribution is 2.31. The molecular weight excluding hydrogens is 348 g/mol. The maximum Gasteiger partial charge on any atom is 0.132 e. The Morgan fingerprint density at radius 3 is 2.67 bits per heavy atom. The van der Waals surface area contributed by atoms with Gasteiger partial charge in [0, 0.05) is 4.47 Å². The second kappa shape index (κ2) is 5.47. The van der Waals surface area contributed by atoms with Gasteiger partial charge in [0.1, 0.15) is 5.82 Å². The van der Waals surface area contributed by atoms with E-state index in [1.54, 1.807) is 0 Å². The van der Waals surface area contributed by atoms with Crippen LogP contribution in [0.15, 0.2) is 40.9 Å². The van der Waals surface area contributed by atoms with E-state index in [9.17, 15) is 0 Å². The quantitative estimate of drug-likeness (QED) is 0.534. The molecule has 0 aliphatic heterocycles. The lowest BCUT2D eigenvalue weighted by molar-refractivity contribution is 0.877. The number of rotatable bonds is 2. The lowest BCUT2D eigenvalue weighted by Gasteiger charge is -2.15. The Balaban J connectivity index is 2.41. The zero-order valence-corrected chi connectivity index (χ0v) is 14.5. The molecule has 0 fully saturated rings. The van der Waals surface area contributed by atoms with Crippen LogP contribution in [0.2, 0.25) is 0 Å². The Hall–Kier alpha value is -1.32. The van der Waals surface area contributed by atoms with Gasteiger partial charge in [-0.25, -0.2) is 4.98 Å². The minimum absolute atomic E-state index is 0.156. The highest BCUT2D eigenvalue weighted by molar-refractivity contribution is 9.10. The van der Waals surface area contributed by atoms with Crippen molar-refractivity contribution in [1.82, 2.24) is 9.55 Å². The Kier molecular flexibility index (Phi) is 3.80. The van der Waals surface area contributed by atoms with E-state index in [0.717, 1.165) is 27.0 Å². The van der Waals surface area contributed by atoms with Crippen LogP contribution in [-0.2, 0) is 0 Å². The topological polar surface area (TPSA) is 17.8 Å². The average Bonchev–Trinajstić information content (AvgIpc) is 2.80. The van der Waals surface area contributed by atoms with E-state index in [2.05, 4.69) is 58.6 Å². The van der Waals surface area contributed by atoms with E-state index in [4.69, 9.17) is 16.6 Å². The van der Waals surface area contributed by atoms with Crippen molar-refractivity contribution in [3.05, 3.63) is 57.8 Å². The Morgan fingerprint density at radius 1 is 1.19 bits per heavy atom. The first-order valence-corrected chi connectivity index (χ1v) is 8.10. The predicted octanol–water partition coefficient (Wildman–Crippen LogP) is 5.70. The number of alkyl halides is 1. The molecule has 1 aromatic heterocycles. The van der Waals surface area contributed by atoms with Crippen LogP contribution in [0.1, 0.15) is 29.3 Å². The fraction of sp³-hybridized carbons (Fsp3) is 0.235. The van der Waals surface area contributed by atoms with Crippen molar-refractivity contribution in [3.63, 3.8) is 0 Å². The number of hydrogen-bond donors (Lipinski definition) is 0. The molecule has 3 rings (SSSR count). The van der Waals surface area contributed by atoms with Crippen molar-refractivity contribution in [2.75, 3.05) is 0 Å². The molecule has 0 saturated heterocycles. The lowest BCUT2D eigenvalue weighted by Crippen LogP contribution is -2.04. The third-order valence-corrected chi connectivity index (χ3v) is 4.50. The first kappa shape index (κ1) is 14.6. The van der Waals surface area contributed by atoms with Gasteiger partial charge in [-0.05, 0) is 56.2 Å².